The molecular formula is C12H14F3N3O. The Morgan fingerprint density at radius 3 is 2.74 bits per heavy atom. The van der Waals surface area contributed by atoms with Crippen molar-refractivity contribution in [2.24, 2.45) is 5.73 Å². The Bertz CT molecular complexity index is 488. The first kappa shape index (κ1) is 13.7. The molecule has 0 spiro atoms. The largest absolute Gasteiger partial charge is 0.416 e. The van der Waals surface area contributed by atoms with Gasteiger partial charge in [-0.05, 0) is 31.2 Å². The number of hydrogen-bond donors (Lipinski definition) is 2. The third-order valence-corrected chi connectivity index (χ3v) is 2.91. The zero-order valence-electron chi connectivity index (χ0n) is 10.1. The molecule has 0 aromatic heterocycles. The van der Waals surface area contributed by atoms with E-state index in [1.54, 1.807) is 4.90 Å². The fraction of sp³-hybridized carbons (Fsp3) is 0.417. The van der Waals surface area contributed by atoms with E-state index in [9.17, 15) is 18.0 Å². The number of fused-ring (bicyclic) bond motifs is 1. The maximum atomic E-state index is 12.6. The summed E-state index contributed by atoms with van der Waals surface area (Å²) < 4.78 is 37.8. The number of alkyl halides is 3. The number of nitrogens with one attached hydrogen (secondary N) is 1. The highest BCUT2D eigenvalue weighted by Gasteiger charge is 2.32. The predicted molar refractivity (Wildman–Crippen MR) is 66.0 cm³/mol. The van der Waals surface area contributed by atoms with Crippen molar-refractivity contribution in [2.45, 2.75) is 12.6 Å². The Morgan fingerprint density at radius 1 is 1.37 bits per heavy atom. The second kappa shape index (κ2) is 5.08. The topological polar surface area (TPSA) is 58.4 Å². The van der Waals surface area contributed by atoms with Gasteiger partial charge < -0.3 is 16.0 Å². The summed E-state index contributed by atoms with van der Waals surface area (Å²) in [6.07, 6.45) is -3.74. The van der Waals surface area contributed by atoms with Crippen LogP contribution >= 0.6 is 0 Å². The number of carbonyl (C=O) groups is 1. The number of anilines is 2. The molecule has 0 unspecified atom stereocenters. The van der Waals surface area contributed by atoms with Gasteiger partial charge in [-0.3, -0.25) is 4.79 Å². The van der Waals surface area contributed by atoms with Crippen molar-refractivity contribution in [3.63, 3.8) is 0 Å². The lowest BCUT2D eigenvalue weighted by Crippen LogP contribution is -2.39. The first-order chi connectivity index (χ1) is 8.91. The van der Waals surface area contributed by atoms with E-state index in [0.717, 1.165) is 12.1 Å². The van der Waals surface area contributed by atoms with E-state index in [4.69, 9.17) is 5.73 Å². The number of nitrogens with two attached hydrogens (primary N) is 1. The summed E-state index contributed by atoms with van der Waals surface area (Å²) in [5.41, 5.74) is 5.43. The number of nitrogens with zero attached hydrogens (tertiary/aromatic N) is 1. The summed E-state index contributed by atoms with van der Waals surface area (Å²) >= 11 is 0. The minimum absolute atomic E-state index is 0.137. The van der Waals surface area contributed by atoms with Crippen molar-refractivity contribution in [1.82, 2.24) is 0 Å². The van der Waals surface area contributed by atoms with Gasteiger partial charge in [0.2, 0.25) is 5.91 Å². The maximum Gasteiger partial charge on any atom is 0.416 e. The third kappa shape index (κ3) is 2.98. The van der Waals surface area contributed by atoms with Crippen LogP contribution in [0.25, 0.3) is 0 Å². The zero-order valence-corrected chi connectivity index (χ0v) is 10.1. The maximum absolute atomic E-state index is 12.6. The lowest BCUT2D eigenvalue weighted by molar-refractivity contribution is -0.137. The molecule has 3 N–H and O–H groups in total. The Balaban J connectivity index is 2.33. The molecule has 1 amide bonds. The smallest absolute Gasteiger partial charge is 0.360 e. The third-order valence-electron chi connectivity index (χ3n) is 2.91. The summed E-state index contributed by atoms with van der Waals surface area (Å²) in [6.45, 7) is 1.15. The van der Waals surface area contributed by atoms with Crippen LogP contribution in [0.5, 0.6) is 0 Å². The van der Waals surface area contributed by atoms with Crippen molar-refractivity contribution >= 4 is 17.3 Å². The van der Waals surface area contributed by atoms with E-state index in [1.165, 1.54) is 6.07 Å². The van der Waals surface area contributed by atoms with Crippen LogP contribution in [0.4, 0.5) is 24.5 Å². The number of hydrogen-bond acceptors (Lipinski definition) is 3. The standard InChI is InChI=1S/C12H14F3N3O/c13-12(14,15)8-2-3-10-9(6-8)17-11(19)7-18(10)5-1-4-16/h2-3,6H,1,4-5,7,16H2,(H,17,19). The molecule has 0 atom stereocenters. The lowest BCUT2D eigenvalue weighted by atomic mass is 10.1. The van der Waals surface area contributed by atoms with Crippen molar-refractivity contribution < 1.29 is 18.0 Å². The highest BCUT2D eigenvalue weighted by atomic mass is 19.4. The average molecular weight is 273 g/mol. The number of carbonyl (C=O) groups excluding carboxylic acids is 1. The van der Waals surface area contributed by atoms with Gasteiger partial charge in [-0.1, -0.05) is 0 Å². The van der Waals surface area contributed by atoms with Crippen LogP contribution < -0.4 is 16.0 Å². The second-order valence-electron chi connectivity index (χ2n) is 4.34. The summed E-state index contributed by atoms with van der Waals surface area (Å²) in [4.78, 5) is 13.2. The minimum Gasteiger partial charge on any atom is -0.360 e. The van der Waals surface area contributed by atoms with E-state index in [2.05, 4.69) is 5.32 Å². The van der Waals surface area contributed by atoms with Gasteiger partial charge in [-0.25, -0.2) is 0 Å². The molecule has 104 valence electrons. The summed E-state index contributed by atoms with van der Waals surface area (Å²) in [6, 6.07) is 3.36. The molecule has 4 nitrogen and oxygen atoms in total. The molecule has 7 heteroatoms. The molecule has 0 aliphatic carbocycles. The Morgan fingerprint density at radius 2 is 2.11 bits per heavy atom. The molecule has 19 heavy (non-hydrogen) atoms. The summed E-state index contributed by atoms with van der Waals surface area (Å²) in [5, 5.41) is 2.47. The molecule has 1 aromatic carbocycles. The van der Waals surface area contributed by atoms with Gasteiger partial charge in [0.15, 0.2) is 0 Å². The van der Waals surface area contributed by atoms with E-state index in [0.29, 0.717) is 25.2 Å². The molecule has 1 aromatic rings. The van der Waals surface area contributed by atoms with Gasteiger partial charge in [-0.2, -0.15) is 13.2 Å². The highest BCUT2D eigenvalue weighted by molar-refractivity contribution is 6.01. The molecule has 0 bridgehead atoms. The number of rotatable bonds is 3. The molecule has 1 aliphatic rings. The number of amides is 1. The average Bonchev–Trinajstić information content (AvgIpc) is 2.33. The molecule has 1 heterocycles. The zero-order chi connectivity index (χ0) is 14.0. The summed E-state index contributed by atoms with van der Waals surface area (Å²) in [5.74, 6) is -0.316. The molecule has 0 saturated heterocycles. The van der Waals surface area contributed by atoms with E-state index in [1.807, 2.05) is 0 Å². The van der Waals surface area contributed by atoms with Crippen LogP contribution in [-0.2, 0) is 11.0 Å². The predicted octanol–water partition coefficient (Wildman–Crippen LogP) is 1.81. The fourth-order valence-electron chi connectivity index (χ4n) is 2.02. The normalized spacial score (nSPS) is 15.2. The van der Waals surface area contributed by atoms with Gasteiger partial charge in [0.05, 0.1) is 23.5 Å². The van der Waals surface area contributed by atoms with Crippen molar-refractivity contribution in [2.75, 3.05) is 29.9 Å². The SMILES string of the molecule is NCCCN1CC(=O)Nc2cc(C(F)(F)F)ccc21. The molecule has 1 aliphatic heterocycles. The van der Waals surface area contributed by atoms with Crippen LogP contribution in [0.2, 0.25) is 0 Å². The number of benzene rings is 1. The van der Waals surface area contributed by atoms with E-state index >= 15 is 0 Å². The fourth-order valence-corrected chi connectivity index (χ4v) is 2.02. The van der Waals surface area contributed by atoms with Gasteiger partial charge >= 0.3 is 6.18 Å². The molecule has 0 fully saturated rings. The summed E-state index contributed by atoms with van der Waals surface area (Å²) in [7, 11) is 0. The first-order valence-corrected chi connectivity index (χ1v) is 5.88. The van der Waals surface area contributed by atoms with Gasteiger partial charge in [0, 0.05) is 6.54 Å². The van der Waals surface area contributed by atoms with Crippen LogP contribution in [0.3, 0.4) is 0 Å². The van der Waals surface area contributed by atoms with Crippen LogP contribution in [0.1, 0.15) is 12.0 Å². The molecule has 2 rings (SSSR count). The Kier molecular flexibility index (Phi) is 3.66. The van der Waals surface area contributed by atoms with Gasteiger partial charge in [-0.15, -0.1) is 0 Å². The second-order valence-corrected chi connectivity index (χ2v) is 4.34. The van der Waals surface area contributed by atoms with Crippen LogP contribution in [-0.4, -0.2) is 25.5 Å². The van der Waals surface area contributed by atoms with Gasteiger partial charge in [0.1, 0.15) is 0 Å². The number of halogens is 3. The quantitative estimate of drug-likeness (QED) is 0.883. The van der Waals surface area contributed by atoms with E-state index in [-0.39, 0.29) is 18.1 Å². The highest BCUT2D eigenvalue weighted by Crippen LogP contribution is 2.36. The molecule has 0 saturated carbocycles. The van der Waals surface area contributed by atoms with Crippen molar-refractivity contribution in [1.29, 1.82) is 0 Å². The minimum atomic E-state index is -4.42. The van der Waals surface area contributed by atoms with Crippen LogP contribution in [0.15, 0.2) is 18.2 Å². The monoisotopic (exact) mass is 273 g/mol. The van der Waals surface area contributed by atoms with E-state index < -0.39 is 11.7 Å². The molecular weight excluding hydrogens is 259 g/mol. The van der Waals surface area contributed by atoms with Crippen molar-refractivity contribution in [3.8, 4) is 0 Å². The van der Waals surface area contributed by atoms with Crippen LogP contribution in [0, 0.1) is 0 Å². The van der Waals surface area contributed by atoms with Gasteiger partial charge in [0.25, 0.3) is 0 Å². The Hall–Kier alpha value is -1.76. The van der Waals surface area contributed by atoms with Crippen molar-refractivity contribution in [3.05, 3.63) is 23.8 Å². The first-order valence-electron chi connectivity index (χ1n) is 5.88. The molecule has 0 radical (unpaired) electrons. The Labute approximate surface area is 108 Å². The lowest BCUT2D eigenvalue weighted by Gasteiger charge is -2.31.